The fourth-order valence-electron chi connectivity index (χ4n) is 4.61. The molecule has 8 heteroatoms. The van der Waals surface area contributed by atoms with Crippen LogP contribution in [0.25, 0.3) is 0 Å². The molecule has 0 aromatic heterocycles. The number of fused-ring (bicyclic) bond motifs is 1. The van der Waals surface area contributed by atoms with Crippen LogP contribution in [-0.2, 0) is 14.5 Å². The molecule has 3 atom stereocenters. The van der Waals surface area contributed by atoms with E-state index < -0.39 is 10.9 Å². The van der Waals surface area contributed by atoms with Crippen molar-refractivity contribution in [3.8, 4) is 0 Å². The van der Waals surface area contributed by atoms with E-state index in [9.17, 15) is 14.0 Å². The molecule has 0 aliphatic carbocycles. The quantitative estimate of drug-likeness (QED) is 0.788. The van der Waals surface area contributed by atoms with Crippen LogP contribution in [0.4, 0.5) is 4.39 Å². The van der Waals surface area contributed by atoms with E-state index in [-0.39, 0.29) is 41.5 Å². The van der Waals surface area contributed by atoms with Gasteiger partial charge in [0, 0.05) is 31.3 Å². The standard InChI is InChI=1S/C20H26FN3O2S.ClH/c1-19(2)12-23(10-8-16(19)22)18(26)15-11-27-20(9-7-17(25)24(15)20)13-3-5-14(21)6-4-13;/h3-6,15-16H,7-12,22H2,1-2H3;1H. The number of piperidine rings is 1. The lowest BCUT2D eigenvalue weighted by atomic mass is 9.79. The van der Waals surface area contributed by atoms with Crippen LogP contribution in [0.2, 0.25) is 0 Å². The van der Waals surface area contributed by atoms with E-state index in [1.165, 1.54) is 12.1 Å². The lowest BCUT2D eigenvalue weighted by Crippen LogP contribution is -2.58. The van der Waals surface area contributed by atoms with Gasteiger partial charge in [-0.3, -0.25) is 9.59 Å². The van der Waals surface area contributed by atoms with Crippen LogP contribution >= 0.6 is 24.2 Å². The van der Waals surface area contributed by atoms with Gasteiger partial charge in [-0.2, -0.15) is 0 Å². The summed E-state index contributed by atoms with van der Waals surface area (Å²) in [5.74, 6) is 0.302. The van der Waals surface area contributed by atoms with Crippen molar-refractivity contribution < 1.29 is 14.0 Å². The number of nitrogens with zero attached hydrogens (tertiary/aromatic N) is 2. The molecular weight excluding hydrogens is 401 g/mol. The maximum atomic E-state index is 13.4. The summed E-state index contributed by atoms with van der Waals surface area (Å²) in [5, 5.41) is 0. The summed E-state index contributed by atoms with van der Waals surface area (Å²) < 4.78 is 13.4. The number of hydrogen-bond acceptors (Lipinski definition) is 4. The van der Waals surface area contributed by atoms with Gasteiger partial charge in [0.15, 0.2) is 0 Å². The number of thioether (sulfide) groups is 1. The molecule has 1 aromatic rings. The van der Waals surface area contributed by atoms with Crippen LogP contribution in [0.1, 0.15) is 38.7 Å². The van der Waals surface area contributed by atoms with Crippen LogP contribution < -0.4 is 5.73 Å². The third-order valence-electron chi connectivity index (χ3n) is 6.33. The Bertz CT molecular complexity index is 775. The topological polar surface area (TPSA) is 66.6 Å². The fourth-order valence-corrected chi connectivity index (χ4v) is 6.25. The zero-order valence-corrected chi connectivity index (χ0v) is 17.8. The molecule has 5 nitrogen and oxygen atoms in total. The number of benzene rings is 1. The zero-order valence-electron chi connectivity index (χ0n) is 16.2. The van der Waals surface area contributed by atoms with Crippen LogP contribution in [0.3, 0.4) is 0 Å². The number of carbonyl (C=O) groups is 2. The highest BCUT2D eigenvalue weighted by Gasteiger charge is 2.57. The van der Waals surface area contributed by atoms with Gasteiger partial charge in [-0.25, -0.2) is 4.39 Å². The summed E-state index contributed by atoms with van der Waals surface area (Å²) >= 11 is 1.63. The Morgan fingerprint density at radius 3 is 2.61 bits per heavy atom. The van der Waals surface area contributed by atoms with E-state index in [1.807, 2.05) is 4.90 Å². The van der Waals surface area contributed by atoms with Gasteiger partial charge in [-0.05, 0) is 36.0 Å². The third kappa shape index (κ3) is 3.31. The Labute approximate surface area is 175 Å². The summed E-state index contributed by atoms with van der Waals surface area (Å²) in [6, 6.07) is 5.95. The summed E-state index contributed by atoms with van der Waals surface area (Å²) in [7, 11) is 0. The summed E-state index contributed by atoms with van der Waals surface area (Å²) in [4.78, 5) is 29.2. The largest absolute Gasteiger partial charge is 0.340 e. The van der Waals surface area contributed by atoms with Crippen LogP contribution in [0.15, 0.2) is 24.3 Å². The Morgan fingerprint density at radius 2 is 1.96 bits per heavy atom. The SMILES string of the molecule is CC1(C)CN(C(=O)C2CSC3(c4ccc(F)cc4)CCC(=O)N23)CCC1N.Cl. The lowest BCUT2D eigenvalue weighted by Gasteiger charge is -2.44. The number of halogens is 2. The average Bonchev–Trinajstić information content (AvgIpc) is 3.17. The Kier molecular flexibility index (Phi) is 5.73. The first-order chi connectivity index (χ1) is 12.7. The highest BCUT2D eigenvalue weighted by atomic mass is 35.5. The molecule has 28 heavy (non-hydrogen) atoms. The number of hydrogen-bond donors (Lipinski definition) is 1. The second-order valence-electron chi connectivity index (χ2n) is 8.53. The molecule has 1 aromatic carbocycles. The molecule has 0 saturated carbocycles. The van der Waals surface area contributed by atoms with Gasteiger partial charge < -0.3 is 15.5 Å². The van der Waals surface area contributed by atoms with Crippen molar-refractivity contribution in [2.75, 3.05) is 18.8 Å². The number of amides is 2. The molecule has 3 unspecified atom stereocenters. The minimum Gasteiger partial charge on any atom is -0.340 e. The Hall–Kier alpha value is -1.31. The fraction of sp³-hybridized carbons (Fsp3) is 0.600. The number of likely N-dealkylation sites (tertiary alicyclic amines) is 1. The van der Waals surface area contributed by atoms with Crippen molar-refractivity contribution in [3.05, 3.63) is 35.6 Å². The molecule has 2 amide bonds. The van der Waals surface area contributed by atoms with E-state index in [0.29, 0.717) is 31.7 Å². The Balaban J connectivity index is 0.00000225. The molecule has 3 saturated heterocycles. The van der Waals surface area contributed by atoms with Crippen LogP contribution in [-0.4, -0.2) is 52.5 Å². The zero-order chi connectivity index (χ0) is 19.4. The Morgan fingerprint density at radius 1 is 1.29 bits per heavy atom. The van der Waals surface area contributed by atoms with E-state index >= 15 is 0 Å². The van der Waals surface area contributed by atoms with Crippen LogP contribution in [0.5, 0.6) is 0 Å². The minimum atomic E-state index is -0.549. The average molecular weight is 428 g/mol. The van der Waals surface area contributed by atoms with Crippen molar-refractivity contribution in [2.24, 2.45) is 11.1 Å². The van der Waals surface area contributed by atoms with Gasteiger partial charge in [0.1, 0.15) is 16.7 Å². The maximum absolute atomic E-state index is 13.4. The maximum Gasteiger partial charge on any atom is 0.246 e. The molecule has 3 fully saturated rings. The lowest BCUT2D eigenvalue weighted by molar-refractivity contribution is -0.146. The molecule has 0 radical (unpaired) electrons. The smallest absolute Gasteiger partial charge is 0.246 e. The predicted octanol–water partition coefficient (Wildman–Crippen LogP) is 2.72. The van der Waals surface area contributed by atoms with Gasteiger partial charge in [0.2, 0.25) is 11.8 Å². The number of rotatable bonds is 2. The molecule has 0 bridgehead atoms. The van der Waals surface area contributed by atoms with E-state index in [4.69, 9.17) is 5.73 Å². The molecule has 0 spiro atoms. The van der Waals surface area contributed by atoms with Crippen molar-refractivity contribution in [3.63, 3.8) is 0 Å². The van der Waals surface area contributed by atoms with Gasteiger partial charge in [0.25, 0.3) is 0 Å². The molecule has 2 N–H and O–H groups in total. The normalized spacial score (nSPS) is 31.5. The monoisotopic (exact) mass is 427 g/mol. The highest BCUT2D eigenvalue weighted by molar-refractivity contribution is 8.00. The van der Waals surface area contributed by atoms with Crippen molar-refractivity contribution in [1.82, 2.24) is 9.80 Å². The molecule has 3 heterocycles. The predicted molar refractivity (Wildman–Crippen MR) is 111 cm³/mol. The number of carbonyl (C=O) groups excluding carboxylic acids is 2. The second-order valence-corrected chi connectivity index (χ2v) is 9.82. The van der Waals surface area contributed by atoms with Crippen molar-refractivity contribution >= 4 is 36.0 Å². The summed E-state index contributed by atoms with van der Waals surface area (Å²) in [6.45, 7) is 5.42. The molecule has 3 aliphatic rings. The highest BCUT2D eigenvalue weighted by Crippen LogP contribution is 2.54. The van der Waals surface area contributed by atoms with Gasteiger partial charge in [-0.15, -0.1) is 24.2 Å². The van der Waals surface area contributed by atoms with E-state index in [0.717, 1.165) is 12.0 Å². The molecule has 154 valence electrons. The van der Waals surface area contributed by atoms with E-state index in [1.54, 1.807) is 28.8 Å². The van der Waals surface area contributed by atoms with E-state index in [2.05, 4.69) is 13.8 Å². The van der Waals surface area contributed by atoms with Gasteiger partial charge in [0.05, 0.1) is 0 Å². The number of nitrogens with two attached hydrogens (primary N) is 1. The van der Waals surface area contributed by atoms with Gasteiger partial charge in [-0.1, -0.05) is 26.0 Å². The third-order valence-corrected chi connectivity index (χ3v) is 7.93. The molecular formula is C20H27ClFN3O2S. The first-order valence-electron chi connectivity index (χ1n) is 9.51. The van der Waals surface area contributed by atoms with Gasteiger partial charge >= 0.3 is 0 Å². The van der Waals surface area contributed by atoms with Crippen LogP contribution in [0, 0.1) is 11.2 Å². The molecule has 4 rings (SSSR count). The molecule has 3 aliphatic heterocycles. The summed E-state index contributed by atoms with van der Waals surface area (Å²) in [5.41, 5.74) is 6.97. The van der Waals surface area contributed by atoms with Crippen molar-refractivity contribution in [2.45, 2.75) is 50.1 Å². The second kappa shape index (κ2) is 7.50. The first kappa shape index (κ1) is 21.4. The summed E-state index contributed by atoms with van der Waals surface area (Å²) in [6.07, 6.45) is 1.85. The van der Waals surface area contributed by atoms with Crippen molar-refractivity contribution in [1.29, 1.82) is 0 Å². The first-order valence-corrected chi connectivity index (χ1v) is 10.5. The minimum absolute atomic E-state index is 0.